The maximum Gasteiger partial charge on any atom is 0.147 e. The molecule has 1 atom stereocenters. The predicted molar refractivity (Wildman–Crippen MR) is 65.1 cm³/mol. The maximum absolute atomic E-state index is 13.6. The standard InChI is InChI=1S/C13H17FN2/c1-9(15-2)7-10-8-16(3)13-11(10)5-4-6-12(13)14/h4-6,8-9,15H,7H2,1-3H3. The number of benzene rings is 1. The molecule has 2 aromatic rings. The van der Waals surface area contributed by atoms with E-state index in [1.54, 1.807) is 6.07 Å². The van der Waals surface area contributed by atoms with Gasteiger partial charge in [-0.1, -0.05) is 12.1 Å². The van der Waals surface area contributed by atoms with Gasteiger partial charge >= 0.3 is 0 Å². The lowest BCUT2D eigenvalue weighted by molar-refractivity contribution is 0.609. The fourth-order valence-corrected chi connectivity index (χ4v) is 2.10. The summed E-state index contributed by atoms with van der Waals surface area (Å²) in [6, 6.07) is 5.66. The molecule has 0 aliphatic heterocycles. The number of rotatable bonds is 3. The molecule has 0 radical (unpaired) electrons. The van der Waals surface area contributed by atoms with Gasteiger partial charge in [0, 0.05) is 24.7 Å². The zero-order chi connectivity index (χ0) is 11.7. The molecule has 0 bridgehead atoms. The van der Waals surface area contributed by atoms with Crippen molar-refractivity contribution in [3.05, 3.63) is 35.8 Å². The van der Waals surface area contributed by atoms with E-state index in [2.05, 4.69) is 12.2 Å². The molecule has 1 N–H and O–H groups in total. The maximum atomic E-state index is 13.6. The van der Waals surface area contributed by atoms with Gasteiger partial charge in [-0.3, -0.25) is 0 Å². The summed E-state index contributed by atoms with van der Waals surface area (Å²) in [7, 11) is 3.83. The van der Waals surface area contributed by atoms with Gasteiger partial charge in [-0.05, 0) is 32.0 Å². The van der Waals surface area contributed by atoms with Crippen LogP contribution in [0.15, 0.2) is 24.4 Å². The zero-order valence-electron chi connectivity index (χ0n) is 9.92. The molecule has 0 saturated carbocycles. The van der Waals surface area contributed by atoms with Crippen LogP contribution in [0, 0.1) is 5.82 Å². The number of hydrogen-bond donors (Lipinski definition) is 1. The lowest BCUT2D eigenvalue weighted by Gasteiger charge is -2.08. The number of halogens is 1. The lowest BCUT2D eigenvalue weighted by Crippen LogP contribution is -2.23. The molecule has 2 rings (SSSR count). The highest BCUT2D eigenvalue weighted by Crippen LogP contribution is 2.24. The Labute approximate surface area is 95.1 Å². The molecular formula is C13H17FN2. The second-order valence-corrected chi connectivity index (χ2v) is 4.30. The number of hydrogen-bond acceptors (Lipinski definition) is 1. The molecule has 0 fully saturated rings. The molecular weight excluding hydrogens is 203 g/mol. The summed E-state index contributed by atoms with van der Waals surface area (Å²) in [6.45, 7) is 2.12. The minimum absolute atomic E-state index is 0.150. The van der Waals surface area contributed by atoms with Gasteiger partial charge < -0.3 is 9.88 Å². The second kappa shape index (κ2) is 4.26. The van der Waals surface area contributed by atoms with E-state index in [-0.39, 0.29) is 5.82 Å². The van der Waals surface area contributed by atoms with Crippen molar-refractivity contribution in [1.29, 1.82) is 0 Å². The number of likely N-dealkylation sites (N-methyl/N-ethyl adjacent to an activating group) is 1. The highest BCUT2D eigenvalue weighted by atomic mass is 19.1. The smallest absolute Gasteiger partial charge is 0.147 e. The topological polar surface area (TPSA) is 17.0 Å². The SMILES string of the molecule is CNC(C)Cc1cn(C)c2c(F)cccc12. The van der Waals surface area contributed by atoms with Crippen molar-refractivity contribution >= 4 is 10.9 Å². The quantitative estimate of drug-likeness (QED) is 0.840. The lowest BCUT2D eigenvalue weighted by atomic mass is 10.1. The Bertz CT molecular complexity index is 502. The minimum Gasteiger partial charge on any atom is -0.348 e. The molecule has 3 heteroatoms. The molecule has 1 heterocycles. The number of para-hydroxylation sites is 1. The fraction of sp³-hybridized carbons (Fsp3) is 0.385. The minimum atomic E-state index is -0.150. The molecule has 1 aromatic carbocycles. The first-order valence-electron chi connectivity index (χ1n) is 5.53. The summed E-state index contributed by atoms with van der Waals surface area (Å²) >= 11 is 0. The van der Waals surface area contributed by atoms with Crippen molar-refractivity contribution in [2.24, 2.45) is 7.05 Å². The molecule has 16 heavy (non-hydrogen) atoms. The van der Waals surface area contributed by atoms with Crippen LogP contribution in [0.25, 0.3) is 10.9 Å². The van der Waals surface area contributed by atoms with E-state index in [4.69, 9.17) is 0 Å². The molecule has 0 aliphatic carbocycles. The van der Waals surface area contributed by atoms with Gasteiger partial charge in [0.05, 0.1) is 5.52 Å². The van der Waals surface area contributed by atoms with Crippen LogP contribution in [0.1, 0.15) is 12.5 Å². The largest absolute Gasteiger partial charge is 0.348 e. The predicted octanol–water partition coefficient (Wildman–Crippen LogP) is 2.47. The van der Waals surface area contributed by atoms with E-state index in [9.17, 15) is 4.39 Å². The molecule has 86 valence electrons. The first-order valence-corrected chi connectivity index (χ1v) is 5.53. The Morgan fingerprint density at radius 1 is 1.44 bits per heavy atom. The molecule has 0 spiro atoms. The van der Waals surface area contributed by atoms with Gasteiger partial charge in [-0.2, -0.15) is 0 Å². The molecule has 2 nitrogen and oxygen atoms in total. The summed E-state index contributed by atoms with van der Waals surface area (Å²) in [5, 5.41) is 4.22. The zero-order valence-corrected chi connectivity index (χ0v) is 9.92. The van der Waals surface area contributed by atoms with E-state index in [1.807, 2.05) is 30.9 Å². The third-order valence-corrected chi connectivity index (χ3v) is 3.05. The first kappa shape index (κ1) is 11.1. The van der Waals surface area contributed by atoms with Crippen molar-refractivity contribution in [2.75, 3.05) is 7.05 Å². The summed E-state index contributed by atoms with van der Waals surface area (Å²) in [5.74, 6) is -0.150. The van der Waals surface area contributed by atoms with Crippen molar-refractivity contribution in [1.82, 2.24) is 9.88 Å². The highest BCUT2D eigenvalue weighted by Gasteiger charge is 2.11. The van der Waals surface area contributed by atoms with Gasteiger partial charge in [0.15, 0.2) is 0 Å². The van der Waals surface area contributed by atoms with Crippen LogP contribution in [-0.2, 0) is 13.5 Å². The summed E-state index contributed by atoms with van der Waals surface area (Å²) in [6.07, 6.45) is 2.93. The van der Waals surface area contributed by atoms with Crippen molar-refractivity contribution in [2.45, 2.75) is 19.4 Å². The molecule has 0 aliphatic rings. The van der Waals surface area contributed by atoms with Crippen LogP contribution in [0.2, 0.25) is 0 Å². The Kier molecular flexibility index (Phi) is 2.97. The third kappa shape index (κ3) is 1.83. The monoisotopic (exact) mass is 220 g/mol. The van der Waals surface area contributed by atoms with Crippen LogP contribution >= 0.6 is 0 Å². The van der Waals surface area contributed by atoms with Crippen molar-refractivity contribution in [3.63, 3.8) is 0 Å². The molecule has 0 saturated heterocycles. The first-order chi connectivity index (χ1) is 7.63. The Balaban J connectivity index is 2.51. The fourth-order valence-electron chi connectivity index (χ4n) is 2.10. The van der Waals surface area contributed by atoms with Crippen molar-refractivity contribution in [3.8, 4) is 0 Å². The molecule has 1 unspecified atom stereocenters. The number of aromatic nitrogens is 1. The number of fused-ring (bicyclic) bond motifs is 1. The van der Waals surface area contributed by atoms with Gasteiger partial charge in [-0.15, -0.1) is 0 Å². The Morgan fingerprint density at radius 3 is 2.88 bits per heavy atom. The van der Waals surface area contributed by atoms with Crippen LogP contribution in [0.5, 0.6) is 0 Å². The number of nitrogens with one attached hydrogen (secondary N) is 1. The summed E-state index contributed by atoms with van der Waals surface area (Å²) < 4.78 is 15.5. The molecule has 1 aromatic heterocycles. The van der Waals surface area contributed by atoms with Crippen molar-refractivity contribution < 1.29 is 4.39 Å². The van der Waals surface area contributed by atoms with E-state index >= 15 is 0 Å². The Hall–Kier alpha value is -1.35. The third-order valence-electron chi connectivity index (χ3n) is 3.05. The van der Waals surface area contributed by atoms with Gasteiger partial charge in [0.1, 0.15) is 5.82 Å². The van der Waals surface area contributed by atoms with E-state index in [0.29, 0.717) is 11.6 Å². The van der Waals surface area contributed by atoms with Crippen LogP contribution in [0.4, 0.5) is 4.39 Å². The average molecular weight is 220 g/mol. The average Bonchev–Trinajstić information content (AvgIpc) is 2.57. The van der Waals surface area contributed by atoms with Crippen LogP contribution < -0.4 is 5.32 Å². The van der Waals surface area contributed by atoms with Gasteiger partial charge in [0.2, 0.25) is 0 Å². The number of aryl methyl sites for hydroxylation is 1. The Morgan fingerprint density at radius 2 is 2.19 bits per heavy atom. The van der Waals surface area contributed by atoms with Gasteiger partial charge in [0.25, 0.3) is 0 Å². The van der Waals surface area contributed by atoms with E-state index in [0.717, 1.165) is 11.8 Å². The summed E-state index contributed by atoms with van der Waals surface area (Å²) in [4.78, 5) is 0. The number of nitrogens with zero attached hydrogens (tertiary/aromatic N) is 1. The normalized spacial score (nSPS) is 13.2. The van der Waals surface area contributed by atoms with Crippen LogP contribution in [-0.4, -0.2) is 17.7 Å². The van der Waals surface area contributed by atoms with E-state index < -0.39 is 0 Å². The highest BCUT2D eigenvalue weighted by molar-refractivity contribution is 5.84. The van der Waals surface area contributed by atoms with Gasteiger partial charge in [-0.25, -0.2) is 4.39 Å². The summed E-state index contributed by atoms with van der Waals surface area (Å²) in [5.41, 5.74) is 1.89. The molecule has 0 amide bonds. The van der Waals surface area contributed by atoms with E-state index in [1.165, 1.54) is 11.6 Å². The second-order valence-electron chi connectivity index (χ2n) is 4.30. The van der Waals surface area contributed by atoms with Crippen LogP contribution in [0.3, 0.4) is 0 Å².